The van der Waals surface area contributed by atoms with Crippen LogP contribution in [0, 0.1) is 0 Å². The lowest BCUT2D eigenvalue weighted by atomic mass is 10.2. The molecule has 0 spiro atoms. The first kappa shape index (κ1) is 14.6. The molecule has 14 heavy (non-hydrogen) atoms. The van der Waals surface area contributed by atoms with Gasteiger partial charge in [0, 0.05) is 24.9 Å². The lowest BCUT2D eigenvalue weighted by molar-refractivity contribution is 0.296. The van der Waals surface area contributed by atoms with Gasteiger partial charge in [0.1, 0.15) is 0 Å². The molecule has 1 saturated carbocycles. The van der Waals surface area contributed by atoms with Crippen molar-refractivity contribution in [3.63, 3.8) is 0 Å². The van der Waals surface area contributed by atoms with Gasteiger partial charge in [-0.1, -0.05) is 12.8 Å². The molecule has 1 aliphatic rings. The molecule has 0 unspecified atom stereocenters. The molecule has 0 aliphatic heterocycles. The predicted octanol–water partition coefficient (Wildman–Crippen LogP) is 2.06. The van der Waals surface area contributed by atoms with Crippen LogP contribution in [-0.4, -0.2) is 35.8 Å². The summed E-state index contributed by atoms with van der Waals surface area (Å²) in [6.45, 7) is 1.48. The van der Waals surface area contributed by atoms with Gasteiger partial charge in [0.2, 0.25) is 0 Å². The minimum Gasteiger partial charge on any atom is -0.396 e. The number of hydrogen-bond donors (Lipinski definition) is 2. The van der Waals surface area contributed by atoms with E-state index in [0.29, 0.717) is 6.61 Å². The van der Waals surface area contributed by atoms with Crippen molar-refractivity contribution in [1.29, 1.82) is 0 Å². The van der Waals surface area contributed by atoms with Crippen LogP contribution in [0.3, 0.4) is 0 Å². The average Bonchev–Trinajstić information content (AvgIpc) is 2.63. The van der Waals surface area contributed by atoms with Crippen LogP contribution in [-0.2, 0) is 0 Å². The molecule has 0 aromatic rings. The van der Waals surface area contributed by atoms with Crippen LogP contribution < -0.4 is 5.32 Å². The molecule has 0 atom stereocenters. The first-order valence-electron chi connectivity index (χ1n) is 5.35. The van der Waals surface area contributed by atoms with Crippen LogP contribution in [0.4, 0.5) is 0 Å². The normalized spacial score (nSPS) is 16.9. The summed E-state index contributed by atoms with van der Waals surface area (Å²) in [5.74, 6) is 2.29. The van der Waals surface area contributed by atoms with Gasteiger partial charge in [-0.25, -0.2) is 0 Å². The zero-order chi connectivity index (χ0) is 9.36. The molecular formula is C10H22ClNOS. The molecule has 0 bridgehead atoms. The van der Waals surface area contributed by atoms with E-state index < -0.39 is 0 Å². The third-order valence-electron chi connectivity index (χ3n) is 2.48. The van der Waals surface area contributed by atoms with Crippen molar-refractivity contribution in [3.05, 3.63) is 0 Å². The fourth-order valence-electron chi connectivity index (χ4n) is 1.73. The minimum absolute atomic E-state index is 0. The fourth-order valence-corrected chi connectivity index (χ4v) is 2.53. The Morgan fingerprint density at radius 1 is 1.21 bits per heavy atom. The smallest absolute Gasteiger partial charge is 0.0438 e. The van der Waals surface area contributed by atoms with E-state index in [4.69, 9.17) is 5.11 Å². The van der Waals surface area contributed by atoms with Crippen LogP contribution in [0.25, 0.3) is 0 Å². The maximum atomic E-state index is 8.57. The number of nitrogens with one attached hydrogen (secondary N) is 1. The fraction of sp³-hybridized carbons (Fsp3) is 1.00. The number of rotatable bonds is 7. The molecule has 2 N–H and O–H groups in total. The van der Waals surface area contributed by atoms with E-state index in [-0.39, 0.29) is 12.4 Å². The van der Waals surface area contributed by atoms with Gasteiger partial charge in [0.05, 0.1) is 0 Å². The summed E-state index contributed by atoms with van der Waals surface area (Å²) < 4.78 is 0. The first-order valence-corrected chi connectivity index (χ1v) is 6.51. The molecule has 2 nitrogen and oxygen atoms in total. The second kappa shape index (κ2) is 10.1. The van der Waals surface area contributed by atoms with Crippen LogP contribution in [0.5, 0.6) is 0 Å². The molecule has 0 amide bonds. The van der Waals surface area contributed by atoms with Crippen LogP contribution >= 0.6 is 24.2 Å². The van der Waals surface area contributed by atoms with Gasteiger partial charge in [-0.15, -0.1) is 12.4 Å². The third-order valence-corrected chi connectivity index (χ3v) is 3.55. The van der Waals surface area contributed by atoms with Crippen LogP contribution in [0.1, 0.15) is 32.1 Å². The molecule has 0 aromatic carbocycles. The summed E-state index contributed by atoms with van der Waals surface area (Å²) in [5.41, 5.74) is 0. The standard InChI is InChI=1S/C10H21NOS.ClH/c12-7-3-8-13-9-6-11-10-4-1-2-5-10;/h10-12H,1-9H2;1H. The van der Waals surface area contributed by atoms with Crippen LogP contribution in [0.15, 0.2) is 0 Å². The molecular weight excluding hydrogens is 218 g/mol. The third kappa shape index (κ3) is 6.93. The van der Waals surface area contributed by atoms with Crippen molar-refractivity contribution in [2.45, 2.75) is 38.1 Å². The molecule has 1 fully saturated rings. The minimum atomic E-state index is 0. The van der Waals surface area contributed by atoms with E-state index >= 15 is 0 Å². The Bertz CT molecular complexity index is 121. The zero-order valence-electron chi connectivity index (χ0n) is 8.71. The van der Waals surface area contributed by atoms with Crippen molar-refractivity contribution in [3.8, 4) is 0 Å². The quantitative estimate of drug-likeness (QED) is 0.668. The number of aliphatic hydroxyl groups is 1. The molecule has 0 aromatic heterocycles. The molecule has 1 rings (SSSR count). The topological polar surface area (TPSA) is 32.3 Å². The summed E-state index contributed by atoms with van der Waals surface area (Å²) in [6.07, 6.45) is 6.52. The average molecular weight is 240 g/mol. The Morgan fingerprint density at radius 3 is 2.57 bits per heavy atom. The zero-order valence-corrected chi connectivity index (χ0v) is 10.3. The van der Waals surface area contributed by atoms with Crippen molar-refractivity contribution < 1.29 is 5.11 Å². The first-order chi connectivity index (χ1) is 6.43. The Balaban J connectivity index is 0.00000169. The Kier molecular flexibility index (Phi) is 10.5. The van der Waals surface area contributed by atoms with Crippen molar-refractivity contribution >= 4 is 24.2 Å². The van der Waals surface area contributed by atoms with Gasteiger partial charge >= 0.3 is 0 Å². The largest absolute Gasteiger partial charge is 0.396 e. The maximum absolute atomic E-state index is 8.57. The summed E-state index contributed by atoms with van der Waals surface area (Å²) in [4.78, 5) is 0. The summed E-state index contributed by atoms with van der Waals surface area (Å²) in [7, 11) is 0. The second-order valence-electron chi connectivity index (χ2n) is 3.63. The Labute approximate surface area is 97.6 Å². The molecule has 0 radical (unpaired) electrons. The van der Waals surface area contributed by atoms with Gasteiger partial charge in [0.25, 0.3) is 0 Å². The van der Waals surface area contributed by atoms with E-state index in [9.17, 15) is 0 Å². The van der Waals surface area contributed by atoms with E-state index in [1.54, 1.807) is 0 Å². The summed E-state index contributed by atoms with van der Waals surface area (Å²) in [6, 6.07) is 0.804. The van der Waals surface area contributed by atoms with E-state index in [0.717, 1.165) is 24.8 Å². The number of aliphatic hydroxyl groups excluding tert-OH is 1. The highest BCUT2D eigenvalue weighted by atomic mass is 35.5. The van der Waals surface area contributed by atoms with Gasteiger partial charge < -0.3 is 10.4 Å². The second-order valence-corrected chi connectivity index (χ2v) is 4.85. The molecule has 0 heterocycles. The van der Waals surface area contributed by atoms with Crippen LogP contribution in [0.2, 0.25) is 0 Å². The molecule has 86 valence electrons. The number of thioether (sulfide) groups is 1. The van der Waals surface area contributed by atoms with E-state index in [2.05, 4.69) is 5.32 Å². The number of hydrogen-bond acceptors (Lipinski definition) is 3. The Hall–Kier alpha value is 0.560. The van der Waals surface area contributed by atoms with Gasteiger partial charge in [0.15, 0.2) is 0 Å². The highest BCUT2D eigenvalue weighted by molar-refractivity contribution is 7.99. The predicted molar refractivity (Wildman–Crippen MR) is 66.5 cm³/mol. The Morgan fingerprint density at radius 2 is 1.93 bits per heavy atom. The van der Waals surface area contributed by atoms with Gasteiger partial charge in [-0.2, -0.15) is 11.8 Å². The molecule has 0 saturated heterocycles. The SMILES string of the molecule is Cl.OCCCSCCNC1CCCC1. The van der Waals surface area contributed by atoms with E-state index in [1.165, 1.54) is 31.4 Å². The maximum Gasteiger partial charge on any atom is 0.0438 e. The highest BCUT2D eigenvalue weighted by Crippen LogP contribution is 2.17. The summed E-state index contributed by atoms with van der Waals surface area (Å²) >= 11 is 1.94. The molecule has 4 heteroatoms. The van der Waals surface area contributed by atoms with E-state index in [1.807, 2.05) is 11.8 Å². The lowest BCUT2D eigenvalue weighted by Crippen LogP contribution is -2.28. The van der Waals surface area contributed by atoms with Crippen molar-refractivity contribution in [2.75, 3.05) is 24.7 Å². The highest BCUT2D eigenvalue weighted by Gasteiger charge is 2.12. The lowest BCUT2D eigenvalue weighted by Gasteiger charge is -2.10. The van der Waals surface area contributed by atoms with Gasteiger partial charge in [-0.05, 0) is 25.0 Å². The molecule has 1 aliphatic carbocycles. The monoisotopic (exact) mass is 239 g/mol. The van der Waals surface area contributed by atoms with Gasteiger partial charge in [-0.3, -0.25) is 0 Å². The summed E-state index contributed by atoms with van der Waals surface area (Å²) in [5, 5.41) is 12.1. The van der Waals surface area contributed by atoms with Crippen molar-refractivity contribution in [2.24, 2.45) is 0 Å². The number of halogens is 1. The van der Waals surface area contributed by atoms with Crippen molar-refractivity contribution in [1.82, 2.24) is 5.32 Å².